The average Bonchev–Trinajstić information content (AvgIpc) is 2.38. The van der Waals surface area contributed by atoms with E-state index in [2.05, 4.69) is 27.7 Å². The van der Waals surface area contributed by atoms with Crippen LogP contribution in [0.25, 0.3) is 0 Å². The topological polar surface area (TPSA) is 17.1 Å². The van der Waals surface area contributed by atoms with Crippen LogP contribution in [0.2, 0.25) is 0 Å². The van der Waals surface area contributed by atoms with Gasteiger partial charge in [-0.25, -0.2) is 0 Å². The quantitative estimate of drug-likeness (QED) is 0.626. The lowest BCUT2D eigenvalue weighted by Crippen LogP contribution is -2.41. The van der Waals surface area contributed by atoms with Crippen LogP contribution in [0.3, 0.4) is 0 Å². The number of hydrogen-bond donors (Lipinski definition) is 0. The van der Waals surface area contributed by atoms with E-state index in [9.17, 15) is 4.79 Å². The Hall–Kier alpha value is -0.330. The molecule has 0 aromatic heterocycles. The molecule has 1 heteroatoms. The number of carbonyl (C=O) groups is 1. The molecule has 0 bridgehead atoms. The van der Waals surface area contributed by atoms with Gasteiger partial charge in [0.15, 0.2) is 0 Å². The Morgan fingerprint density at radius 3 is 2.12 bits per heavy atom. The van der Waals surface area contributed by atoms with E-state index in [4.69, 9.17) is 0 Å². The molecule has 1 unspecified atom stereocenters. The van der Waals surface area contributed by atoms with Gasteiger partial charge < -0.3 is 0 Å². The van der Waals surface area contributed by atoms with Gasteiger partial charge in [-0.2, -0.15) is 0 Å². The third-order valence-corrected chi connectivity index (χ3v) is 5.32. The second-order valence-corrected chi connectivity index (χ2v) is 6.04. The van der Waals surface area contributed by atoms with Crippen molar-refractivity contribution < 1.29 is 4.79 Å². The van der Waals surface area contributed by atoms with Crippen LogP contribution in [0.4, 0.5) is 0 Å². The van der Waals surface area contributed by atoms with E-state index in [1.165, 1.54) is 25.7 Å². The molecule has 1 aliphatic rings. The predicted molar refractivity (Wildman–Crippen MR) is 74.1 cm³/mol. The largest absolute Gasteiger partial charge is 0.299 e. The second kappa shape index (κ2) is 6.02. The van der Waals surface area contributed by atoms with Crippen molar-refractivity contribution >= 4 is 5.78 Å². The van der Waals surface area contributed by atoms with Crippen molar-refractivity contribution in [1.29, 1.82) is 0 Å². The van der Waals surface area contributed by atoms with E-state index in [-0.39, 0.29) is 5.41 Å². The van der Waals surface area contributed by atoms with E-state index in [1.807, 2.05) is 0 Å². The fourth-order valence-corrected chi connectivity index (χ4v) is 3.78. The summed E-state index contributed by atoms with van der Waals surface area (Å²) in [4.78, 5) is 12.5. The van der Waals surface area contributed by atoms with Gasteiger partial charge in [0.05, 0.1) is 0 Å². The number of Topliss-reactive ketones (excluding diaryl/α,β-unsaturated/α-hetero) is 1. The van der Waals surface area contributed by atoms with Crippen molar-refractivity contribution in [3.05, 3.63) is 0 Å². The van der Waals surface area contributed by atoms with Crippen molar-refractivity contribution in [3.8, 4) is 0 Å². The first-order valence-corrected chi connectivity index (χ1v) is 7.61. The number of ketones is 1. The highest BCUT2D eigenvalue weighted by atomic mass is 16.1. The molecule has 0 heterocycles. The summed E-state index contributed by atoms with van der Waals surface area (Å²) in [5.74, 6) is 0.550. The molecule has 0 saturated heterocycles. The maximum Gasteiger partial charge on any atom is 0.139 e. The number of hydrogen-bond acceptors (Lipinski definition) is 1. The van der Waals surface area contributed by atoms with Gasteiger partial charge in [-0.15, -0.1) is 0 Å². The molecule has 17 heavy (non-hydrogen) atoms. The van der Waals surface area contributed by atoms with Gasteiger partial charge in [0.25, 0.3) is 0 Å². The molecule has 0 spiro atoms. The molecular weight excluding hydrogens is 208 g/mol. The van der Waals surface area contributed by atoms with Crippen LogP contribution in [0.15, 0.2) is 0 Å². The van der Waals surface area contributed by atoms with Crippen molar-refractivity contribution in [1.82, 2.24) is 0 Å². The van der Waals surface area contributed by atoms with E-state index >= 15 is 0 Å². The van der Waals surface area contributed by atoms with Gasteiger partial charge in [0.1, 0.15) is 5.78 Å². The Morgan fingerprint density at radius 2 is 1.65 bits per heavy atom. The summed E-state index contributed by atoms with van der Waals surface area (Å²) in [5, 5.41) is 0. The Labute approximate surface area is 107 Å². The highest BCUT2D eigenvalue weighted by Gasteiger charge is 2.45. The summed E-state index contributed by atoms with van der Waals surface area (Å²) >= 11 is 0. The Kier molecular flexibility index (Phi) is 5.22. The maximum absolute atomic E-state index is 12.5. The molecule has 0 aliphatic heterocycles. The smallest absolute Gasteiger partial charge is 0.139 e. The Morgan fingerprint density at radius 1 is 1.00 bits per heavy atom. The minimum Gasteiger partial charge on any atom is -0.299 e. The molecule has 0 amide bonds. The third-order valence-electron chi connectivity index (χ3n) is 5.32. The van der Waals surface area contributed by atoms with E-state index in [1.54, 1.807) is 0 Å². The second-order valence-electron chi connectivity index (χ2n) is 6.04. The first-order chi connectivity index (χ1) is 8.08. The SMILES string of the molecule is CCCC(=O)C1(CC)CCCC(CC)(CC)C1. The summed E-state index contributed by atoms with van der Waals surface area (Å²) in [5.41, 5.74) is 0.484. The minimum absolute atomic E-state index is 0.0281. The molecule has 0 radical (unpaired) electrons. The lowest BCUT2D eigenvalue weighted by atomic mass is 9.57. The summed E-state index contributed by atoms with van der Waals surface area (Å²) in [6.07, 6.45) is 10.2. The third kappa shape index (κ3) is 2.92. The molecule has 1 fully saturated rings. The monoisotopic (exact) mass is 238 g/mol. The average molecular weight is 238 g/mol. The van der Waals surface area contributed by atoms with Gasteiger partial charge in [0.2, 0.25) is 0 Å². The van der Waals surface area contributed by atoms with Gasteiger partial charge in [0, 0.05) is 11.8 Å². The maximum atomic E-state index is 12.5. The predicted octanol–water partition coefficient (Wildman–Crippen LogP) is 5.13. The van der Waals surface area contributed by atoms with E-state index in [0.717, 1.165) is 32.1 Å². The van der Waals surface area contributed by atoms with Crippen LogP contribution in [0.1, 0.15) is 85.5 Å². The summed E-state index contributed by atoms with van der Waals surface area (Å²) < 4.78 is 0. The van der Waals surface area contributed by atoms with Crippen LogP contribution < -0.4 is 0 Å². The molecule has 1 nitrogen and oxygen atoms in total. The van der Waals surface area contributed by atoms with Crippen LogP contribution in [0, 0.1) is 10.8 Å². The molecule has 0 aromatic rings. The van der Waals surface area contributed by atoms with Gasteiger partial charge in [-0.1, -0.05) is 47.0 Å². The lowest BCUT2D eigenvalue weighted by molar-refractivity contribution is -0.134. The molecule has 1 saturated carbocycles. The first-order valence-electron chi connectivity index (χ1n) is 7.61. The van der Waals surface area contributed by atoms with Gasteiger partial charge >= 0.3 is 0 Å². The summed E-state index contributed by atoms with van der Waals surface area (Å²) in [6.45, 7) is 8.95. The lowest BCUT2D eigenvalue weighted by Gasteiger charge is -2.47. The highest BCUT2D eigenvalue weighted by molar-refractivity contribution is 5.84. The van der Waals surface area contributed by atoms with Crippen molar-refractivity contribution in [2.24, 2.45) is 10.8 Å². The minimum atomic E-state index is 0.0281. The van der Waals surface area contributed by atoms with E-state index in [0.29, 0.717) is 11.2 Å². The van der Waals surface area contributed by atoms with Gasteiger partial charge in [-0.3, -0.25) is 4.79 Å². The molecule has 1 atom stereocenters. The first kappa shape index (κ1) is 14.7. The zero-order valence-electron chi connectivity index (χ0n) is 12.3. The number of carbonyl (C=O) groups excluding carboxylic acids is 1. The number of rotatable bonds is 6. The molecular formula is C16H30O. The molecule has 1 aliphatic carbocycles. The van der Waals surface area contributed by atoms with Crippen molar-refractivity contribution in [3.63, 3.8) is 0 Å². The molecule has 1 rings (SSSR count). The fraction of sp³-hybridized carbons (Fsp3) is 0.938. The van der Waals surface area contributed by atoms with Crippen LogP contribution in [-0.4, -0.2) is 5.78 Å². The highest BCUT2D eigenvalue weighted by Crippen LogP contribution is 2.52. The van der Waals surface area contributed by atoms with Crippen molar-refractivity contribution in [2.75, 3.05) is 0 Å². The molecule has 0 aromatic carbocycles. The zero-order chi connectivity index (χ0) is 12.9. The fourth-order valence-electron chi connectivity index (χ4n) is 3.78. The van der Waals surface area contributed by atoms with Crippen LogP contribution in [-0.2, 0) is 4.79 Å². The normalized spacial score (nSPS) is 28.0. The Bertz CT molecular complexity index is 252. The van der Waals surface area contributed by atoms with Crippen molar-refractivity contribution in [2.45, 2.75) is 85.5 Å². The Balaban J connectivity index is 2.88. The van der Waals surface area contributed by atoms with Crippen LogP contribution >= 0.6 is 0 Å². The van der Waals surface area contributed by atoms with E-state index < -0.39 is 0 Å². The zero-order valence-corrected chi connectivity index (χ0v) is 12.3. The standard InChI is InChI=1S/C16H30O/c1-5-10-14(17)16(8-4)12-9-11-15(6-2,7-3)13-16/h5-13H2,1-4H3. The van der Waals surface area contributed by atoms with Gasteiger partial charge in [-0.05, 0) is 37.5 Å². The molecule has 100 valence electrons. The summed E-state index contributed by atoms with van der Waals surface area (Å²) in [7, 11) is 0. The molecule has 0 N–H and O–H groups in total. The summed E-state index contributed by atoms with van der Waals surface area (Å²) in [6, 6.07) is 0. The van der Waals surface area contributed by atoms with Crippen LogP contribution in [0.5, 0.6) is 0 Å².